The summed E-state index contributed by atoms with van der Waals surface area (Å²) in [5, 5.41) is 0. The molecule has 0 amide bonds. The van der Waals surface area contributed by atoms with Crippen LogP contribution in [0.5, 0.6) is 0 Å². The fourth-order valence-electron chi connectivity index (χ4n) is 1.49. The second-order valence-corrected chi connectivity index (χ2v) is 4.04. The molecule has 0 N–H and O–H groups in total. The topological polar surface area (TPSA) is 36.9 Å². The Hall–Kier alpha value is 0.130. The summed E-state index contributed by atoms with van der Waals surface area (Å²) in [6, 6.07) is 0. The van der Waals surface area contributed by atoms with E-state index in [1.165, 1.54) is 6.42 Å². The molecule has 1 aliphatic rings. The lowest BCUT2D eigenvalue weighted by Crippen LogP contribution is -2.25. The fraction of sp³-hybridized carbons (Fsp3) is 1.00. The van der Waals surface area contributed by atoms with Gasteiger partial charge in [-0.1, -0.05) is 0 Å². The molecule has 16 heavy (non-hydrogen) atoms. The molecule has 2 atom stereocenters. The van der Waals surface area contributed by atoms with Crippen LogP contribution in [0.15, 0.2) is 0 Å². The van der Waals surface area contributed by atoms with Crippen molar-refractivity contribution in [2.24, 2.45) is 0 Å². The molecule has 0 saturated carbocycles. The van der Waals surface area contributed by atoms with E-state index < -0.39 is 0 Å². The Morgan fingerprint density at radius 3 is 2.75 bits per heavy atom. The summed E-state index contributed by atoms with van der Waals surface area (Å²) in [6.45, 7) is 4.22. The summed E-state index contributed by atoms with van der Waals surface area (Å²) in [5.74, 6) is 0.486. The average Bonchev–Trinajstić information content (AvgIpc) is 2.33. The molecular formula is C11H21ClO4. The molecule has 4 nitrogen and oxygen atoms in total. The number of hydrogen-bond donors (Lipinski definition) is 0. The minimum atomic E-state index is -0.227. The third kappa shape index (κ3) is 6.66. The van der Waals surface area contributed by atoms with E-state index in [0.717, 1.165) is 19.4 Å². The Labute approximate surface area is 102 Å². The molecule has 0 radical (unpaired) electrons. The van der Waals surface area contributed by atoms with E-state index in [1.54, 1.807) is 0 Å². The maximum Gasteiger partial charge on any atom is 0.157 e. The van der Waals surface area contributed by atoms with Crippen LogP contribution in [-0.4, -0.2) is 44.9 Å². The summed E-state index contributed by atoms with van der Waals surface area (Å²) >= 11 is 5.49. The third-order valence-electron chi connectivity index (χ3n) is 2.31. The van der Waals surface area contributed by atoms with Gasteiger partial charge in [0, 0.05) is 12.5 Å². The molecule has 1 rings (SSSR count). The summed E-state index contributed by atoms with van der Waals surface area (Å²) in [4.78, 5) is 0. The molecule has 1 saturated heterocycles. The third-order valence-corrected chi connectivity index (χ3v) is 2.46. The van der Waals surface area contributed by atoms with Gasteiger partial charge in [-0.25, -0.2) is 0 Å². The second-order valence-electron chi connectivity index (χ2n) is 3.67. The van der Waals surface area contributed by atoms with Crippen molar-refractivity contribution >= 4 is 11.6 Å². The van der Waals surface area contributed by atoms with Crippen LogP contribution in [0.25, 0.3) is 0 Å². The van der Waals surface area contributed by atoms with Gasteiger partial charge in [-0.3, -0.25) is 0 Å². The predicted molar refractivity (Wildman–Crippen MR) is 61.6 cm³/mol. The van der Waals surface area contributed by atoms with Crippen LogP contribution in [0.3, 0.4) is 0 Å². The molecule has 1 fully saturated rings. The summed E-state index contributed by atoms with van der Waals surface area (Å²) in [6.07, 6.45) is 3.03. The van der Waals surface area contributed by atoms with Crippen molar-refractivity contribution in [1.82, 2.24) is 0 Å². The number of alkyl halides is 1. The number of halogens is 1. The molecule has 1 aliphatic heterocycles. The zero-order valence-corrected chi connectivity index (χ0v) is 10.6. The molecule has 0 aliphatic carbocycles. The Morgan fingerprint density at radius 2 is 2.06 bits per heavy atom. The van der Waals surface area contributed by atoms with Crippen molar-refractivity contribution in [3.8, 4) is 0 Å². The lowest BCUT2D eigenvalue weighted by Gasteiger charge is -2.23. The van der Waals surface area contributed by atoms with Gasteiger partial charge in [-0.05, 0) is 26.2 Å². The lowest BCUT2D eigenvalue weighted by molar-refractivity contribution is -0.186. The first kappa shape index (κ1) is 14.2. The van der Waals surface area contributed by atoms with Gasteiger partial charge in [0.25, 0.3) is 0 Å². The quantitative estimate of drug-likeness (QED) is 0.377. The average molecular weight is 253 g/mol. The van der Waals surface area contributed by atoms with Crippen molar-refractivity contribution in [2.75, 3.05) is 32.3 Å². The Bertz CT molecular complexity index is 162. The van der Waals surface area contributed by atoms with Gasteiger partial charge in [-0.2, -0.15) is 0 Å². The van der Waals surface area contributed by atoms with E-state index in [4.69, 9.17) is 30.5 Å². The van der Waals surface area contributed by atoms with E-state index in [0.29, 0.717) is 25.7 Å². The van der Waals surface area contributed by atoms with Gasteiger partial charge in [0.15, 0.2) is 12.6 Å². The normalized spacial score (nSPS) is 23.2. The fourth-order valence-corrected chi connectivity index (χ4v) is 1.58. The molecule has 0 bridgehead atoms. The molecular weight excluding hydrogens is 232 g/mol. The molecule has 0 spiro atoms. The van der Waals surface area contributed by atoms with Crippen molar-refractivity contribution in [3.05, 3.63) is 0 Å². The molecule has 2 unspecified atom stereocenters. The van der Waals surface area contributed by atoms with E-state index >= 15 is 0 Å². The Balaban J connectivity index is 1.90. The van der Waals surface area contributed by atoms with Gasteiger partial charge in [0.05, 0.1) is 19.8 Å². The zero-order chi connectivity index (χ0) is 11.6. The van der Waals surface area contributed by atoms with Crippen LogP contribution in [0.1, 0.15) is 26.2 Å². The van der Waals surface area contributed by atoms with E-state index in [1.807, 2.05) is 6.92 Å². The van der Waals surface area contributed by atoms with Crippen LogP contribution in [0, 0.1) is 0 Å². The van der Waals surface area contributed by atoms with Crippen molar-refractivity contribution < 1.29 is 18.9 Å². The highest BCUT2D eigenvalue weighted by Crippen LogP contribution is 2.13. The largest absolute Gasteiger partial charge is 0.353 e. The van der Waals surface area contributed by atoms with Gasteiger partial charge >= 0.3 is 0 Å². The van der Waals surface area contributed by atoms with Crippen molar-refractivity contribution in [1.29, 1.82) is 0 Å². The lowest BCUT2D eigenvalue weighted by atomic mass is 10.2. The smallest absolute Gasteiger partial charge is 0.157 e. The maximum absolute atomic E-state index is 5.51. The highest BCUT2D eigenvalue weighted by molar-refractivity contribution is 6.17. The molecule has 0 aromatic heterocycles. The first-order valence-electron chi connectivity index (χ1n) is 5.85. The number of hydrogen-bond acceptors (Lipinski definition) is 4. The Kier molecular flexibility index (Phi) is 8.15. The second kappa shape index (κ2) is 9.19. The first-order valence-corrected chi connectivity index (χ1v) is 6.38. The number of ether oxygens (including phenoxy) is 4. The molecule has 96 valence electrons. The van der Waals surface area contributed by atoms with Crippen molar-refractivity contribution in [2.45, 2.75) is 38.8 Å². The molecule has 0 aromatic rings. The molecule has 0 aromatic carbocycles. The van der Waals surface area contributed by atoms with Crippen LogP contribution >= 0.6 is 11.6 Å². The van der Waals surface area contributed by atoms with Crippen molar-refractivity contribution in [3.63, 3.8) is 0 Å². The SMILES string of the molecule is CC(OCCCl)OCCOC1CCCCO1. The van der Waals surface area contributed by atoms with Gasteiger partial charge in [0.1, 0.15) is 0 Å². The summed E-state index contributed by atoms with van der Waals surface area (Å²) in [7, 11) is 0. The Morgan fingerprint density at radius 1 is 1.25 bits per heavy atom. The standard InChI is InChI=1S/C11H21ClO4/c1-10(13-7-5-12)14-8-9-16-11-4-2-3-6-15-11/h10-11H,2-9H2,1H3. The molecule has 5 heteroatoms. The van der Waals surface area contributed by atoms with E-state index in [9.17, 15) is 0 Å². The minimum absolute atomic E-state index is 0.0450. The van der Waals surface area contributed by atoms with Gasteiger partial charge in [-0.15, -0.1) is 11.6 Å². The van der Waals surface area contributed by atoms with E-state index in [2.05, 4.69) is 0 Å². The van der Waals surface area contributed by atoms with Crippen LogP contribution in [0.2, 0.25) is 0 Å². The minimum Gasteiger partial charge on any atom is -0.353 e. The highest BCUT2D eigenvalue weighted by Gasteiger charge is 2.13. The van der Waals surface area contributed by atoms with Gasteiger partial charge in [0.2, 0.25) is 0 Å². The summed E-state index contributed by atoms with van der Waals surface area (Å²) < 4.78 is 21.5. The zero-order valence-electron chi connectivity index (χ0n) is 9.82. The molecule has 1 heterocycles. The van der Waals surface area contributed by atoms with E-state index in [-0.39, 0.29) is 12.6 Å². The predicted octanol–water partition coefficient (Wildman–Crippen LogP) is 2.15. The van der Waals surface area contributed by atoms with Crippen LogP contribution in [-0.2, 0) is 18.9 Å². The maximum atomic E-state index is 5.51. The summed E-state index contributed by atoms with van der Waals surface area (Å²) in [5.41, 5.74) is 0. The highest BCUT2D eigenvalue weighted by atomic mass is 35.5. The monoisotopic (exact) mass is 252 g/mol. The van der Waals surface area contributed by atoms with Crippen LogP contribution in [0.4, 0.5) is 0 Å². The van der Waals surface area contributed by atoms with Gasteiger partial charge < -0.3 is 18.9 Å². The number of rotatable bonds is 8. The van der Waals surface area contributed by atoms with Crippen LogP contribution < -0.4 is 0 Å². The first-order chi connectivity index (χ1) is 7.83.